The van der Waals surface area contributed by atoms with Crippen LogP contribution in [0.15, 0.2) is 97.1 Å². The quantitative estimate of drug-likeness (QED) is 0.368. The highest BCUT2D eigenvalue weighted by atomic mass is 14.4. The molecule has 0 amide bonds. The number of rotatable bonds is 1. The summed E-state index contributed by atoms with van der Waals surface area (Å²) in [5.41, 5.74) is 11.4. The molecule has 0 atom stereocenters. The normalized spacial score (nSPS) is 14.6. The SMILES string of the molecule is c1ccc2c(c1)-c1ccccc1C2C1c2ccccc2-c2ccccc21. The highest BCUT2D eigenvalue weighted by Crippen LogP contribution is 2.57. The second-order valence-corrected chi connectivity index (χ2v) is 7.30. The molecule has 4 aromatic rings. The van der Waals surface area contributed by atoms with Crippen LogP contribution in [0, 0.1) is 0 Å². The van der Waals surface area contributed by atoms with Crippen LogP contribution < -0.4 is 0 Å². The Balaban J connectivity index is 1.67. The first-order chi connectivity index (χ1) is 12.9. The van der Waals surface area contributed by atoms with Crippen molar-refractivity contribution in [2.24, 2.45) is 0 Å². The molecule has 6 rings (SSSR count). The van der Waals surface area contributed by atoms with Gasteiger partial charge >= 0.3 is 0 Å². The zero-order chi connectivity index (χ0) is 17.1. The molecule has 0 saturated heterocycles. The van der Waals surface area contributed by atoms with Crippen LogP contribution >= 0.6 is 0 Å². The highest BCUT2D eigenvalue weighted by molar-refractivity contribution is 5.84. The van der Waals surface area contributed by atoms with Crippen molar-refractivity contribution < 1.29 is 0 Å². The summed E-state index contributed by atoms with van der Waals surface area (Å²) in [6.07, 6.45) is 0. The summed E-state index contributed by atoms with van der Waals surface area (Å²) in [6, 6.07) is 35.8. The maximum absolute atomic E-state index is 2.32. The Morgan fingerprint density at radius 3 is 0.808 bits per heavy atom. The van der Waals surface area contributed by atoms with Gasteiger partial charge in [-0.3, -0.25) is 0 Å². The summed E-state index contributed by atoms with van der Waals surface area (Å²) >= 11 is 0. The lowest BCUT2D eigenvalue weighted by Crippen LogP contribution is -2.09. The molecule has 2 aliphatic rings. The second-order valence-electron chi connectivity index (χ2n) is 7.30. The first-order valence-corrected chi connectivity index (χ1v) is 9.30. The summed E-state index contributed by atoms with van der Waals surface area (Å²) in [5.74, 6) is 0.763. The van der Waals surface area contributed by atoms with Gasteiger partial charge in [-0.05, 0) is 44.5 Å². The minimum atomic E-state index is 0.382. The Bertz CT molecular complexity index is 968. The fourth-order valence-corrected chi connectivity index (χ4v) is 5.11. The number of hydrogen-bond donors (Lipinski definition) is 0. The predicted octanol–water partition coefficient (Wildman–Crippen LogP) is 6.61. The third kappa shape index (κ3) is 1.74. The van der Waals surface area contributed by atoms with E-state index in [0.717, 1.165) is 0 Å². The van der Waals surface area contributed by atoms with E-state index in [0.29, 0.717) is 11.8 Å². The van der Waals surface area contributed by atoms with Gasteiger partial charge in [-0.1, -0.05) is 97.1 Å². The van der Waals surface area contributed by atoms with Crippen molar-refractivity contribution in [2.75, 3.05) is 0 Å². The van der Waals surface area contributed by atoms with Crippen molar-refractivity contribution in [1.82, 2.24) is 0 Å². The maximum atomic E-state index is 2.32. The second kappa shape index (κ2) is 5.19. The lowest BCUT2D eigenvalue weighted by molar-refractivity contribution is 0.724. The number of fused-ring (bicyclic) bond motifs is 6. The van der Waals surface area contributed by atoms with E-state index in [1.54, 1.807) is 0 Å². The van der Waals surface area contributed by atoms with Crippen molar-refractivity contribution in [3.63, 3.8) is 0 Å². The molecule has 0 fully saturated rings. The molecule has 0 radical (unpaired) electrons. The minimum absolute atomic E-state index is 0.382. The van der Waals surface area contributed by atoms with Crippen molar-refractivity contribution in [1.29, 1.82) is 0 Å². The van der Waals surface area contributed by atoms with Crippen molar-refractivity contribution in [2.45, 2.75) is 11.8 Å². The summed E-state index contributed by atoms with van der Waals surface area (Å²) < 4.78 is 0. The monoisotopic (exact) mass is 330 g/mol. The van der Waals surface area contributed by atoms with Crippen LogP contribution in [0.2, 0.25) is 0 Å². The lowest BCUT2D eigenvalue weighted by atomic mass is 9.78. The minimum Gasteiger partial charge on any atom is -0.0619 e. The molecule has 0 saturated carbocycles. The van der Waals surface area contributed by atoms with Gasteiger partial charge < -0.3 is 0 Å². The average Bonchev–Trinajstić information content (AvgIpc) is 3.21. The van der Waals surface area contributed by atoms with E-state index in [2.05, 4.69) is 97.1 Å². The standard InChI is InChI=1S/C26H18/c1-5-13-21-17(9-1)18-10-2-6-14-22(18)25(21)26-23-15-7-3-11-19(23)20-12-4-8-16-24(20)26/h1-16,25-26H. The van der Waals surface area contributed by atoms with Gasteiger partial charge in [0.15, 0.2) is 0 Å². The van der Waals surface area contributed by atoms with Gasteiger partial charge in [-0.25, -0.2) is 0 Å². The summed E-state index contributed by atoms with van der Waals surface area (Å²) in [4.78, 5) is 0. The van der Waals surface area contributed by atoms with E-state index in [9.17, 15) is 0 Å². The summed E-state index contributed by atoms with van der Waals surface area (Å²) in [7, 11) is 0. The molecule has 4 aromatic carbocycles. The molecule has 2 aliphatic carbocycles. The highest BCUT2D eigenvalue weighted by Gasteiger charge is 2.40. The van der Waals surface area contributed by atoms with E-state index in [-0.39, 0.29) is 0 Å². The van der Waals surface area contributed by atoms with Gasteiger partial charge in [0.25, 0.3) is 0 Å². The van der Waals surface area contributed by atoms with Crippen LogP contribution in [-0.4, -0.2) is 0 Å². The summed E-state index contributed by atoms with van der Waals surface area (Å²) in [5, 5.41) is 0. The Hall–Kier alpha value is -3.12. The molecular weight excluding hydrogens is 312 g/mol. The van der Waals surface area contributed by atoms with Crippen LogP contribution in [0.25, 0.3) is 22.3 Å². The molecule has 0 bridgehead atoms. The fraction of sp³-hybridized carbons (Fsp3) is 0.0769. The van der Waals surface area contributed by atoms with Crippen molar-refractivity contribution in [3.05, 3.63) is 119 Å². The zero-order valence-electron chi connectivity index (χ0n) is 14.4. The summed E-state index contributed by atoms with van der Waals surface area (Å²) in [6.45, 7) is 0. The Morgan fingerprint density at radius 2 is 0.538 bits per heavy atom. The first kappa shape index (κ1) is 14.1. The molecule has 0 N–H and O–H groups in total. The largest absolute Gasteiger partial charge is 0.0619 e. The maximum Gasteiger partial charge on any atom is 0.0211 e. The number of benzene rings is 4. The van der Waals surface area contributed by atoms with Gasteiger partial charge in [0.1, 0.15) is 0 Å². The van der Waals surface area contributed by atoms with E-state index >= 15 is 0 Å². The van der Waals surface area contributed by atoms with E-state index in [1.165, 1.54) is 44.5 Å². The molecule has 122 valence electrons. The van der Waals surface area contributed by atoms with Gasteiger partial charge in [-0.2, -0.15) is 0 Å². The van der Waals surface area contributed by atoms with E-state index in [4.69, 9.17) is 0 Å². The van der Waals surface area contributed by atoms with Crippen molar-refractivity contribution >= 4 is 0 Å². The Labute approximate surface area is 153 Å². The molecular formula is C26H18. The third-order valence-corrected chi connectivity index (χ3v) is 6.10. The van der Waals surface area contributed by atoms with E-state index < -0.39 is 0 Å². The van der Waals surface area contributed by atoms with Gasteiger partial charge in [0.05, 0.1) is 0 Å². The van der Waals surface area contributed by atoms with E-state index in [1.807, 2.05) is 0 Å². The topological polar surface area (TPSA) is 0 Å². The fourth-order valence-electron chi connectivity index (χ4n) is 5.11. The molecule has 0 heteroatoms. The van der Waals surface area contributed by atoms with Gasteiger partial charge in [0, 0.05) is 11.8 Å². The van der Waals surface area contributed by atoms with Gasteiger partial charge in [0.2, 0.25) is 0 Å². The van der Waals surface area contributed by atoms with Crippen LogP contribution in [0.4, 0.5) is 0 Å². The van der Waals surface area contributed by atoms with Crippen LogP contribution in [-0.2, 0) is 0 Å². The third-order valence-electron chi connectivity index (χ3n) is 6.10. The number of hydrogen-bond acceptors (Lipinski definition) is 0. The molecule has 0 nitrogen and oxygen atoms in total. The Morgan fingerprint density at radius 1 is 0.308 bits per heavy atom. The van der Waals surface area contributed by atoms with Crippen LogP contribution in [0.5, 0.6) is 0 Å². The average molecular weight is 330 g/mol. The Kier molecular flexibility index (Phi) is 2.81. The first-order valence-electron chi connectivity index (χ1n) is 9.30. The van der Waals surface area contributed by atoms with Crippen LogP contribution in [0.1, 0.15) is 34.1 Å². The van der Waals surface area contributed by atoms with Crippen molar-refractivity contribution in [3.8, 4) is 22.3 Å². The molecule has 0 heterocycles. The van der Waals surface area contributed by atoms with Crippen LogP contribution in [0.3, 0.4) is 0 Å². The zero-order valence-corrected chi connectivity index (χ0v) is 14.4. The predicted molar refractivity (Wildman–Crippen MR) is 107 cm³/mol. The molecule has 0 aromatic heterocycles. The lowest BCUT2D eigenvalue weighted by Gasteiger charge is -2.24. The van der Waals surface area contributed by atoms with Gasteiger partial charge in [-0.15, -0.1) is 0 Å². The molecule has 0 unspecified atom stereocenters. The smallest absolute Gasteiger partial charge is 0.0211 e. The molecule has 0 spiro atoms. The molecule has 26 heavy (non-hydrogen) atoms. The molecule has 0 aliphatic heterocycles.